The van der Waals surface area contributed by atoms with E-state index in [-0.39, 0.29) is 5.91 Å². The molecule has 1 amide bonds. The standard InChI is InChI=1S/C21H34N6O/c1-5-7-11-27-19-17(16(25-27)12-15(3)4)18(23-14-24-19)26-10-8-9-21(6-2,13-26)20(22)28/h14-15H,5-13H2,1-4H3,(H2,22,28). The van der Waals surface area contributed by atoms with Crippen LogP contribution in [0.4, 0.5) is 5.82 Å². The van der Waals surface area contributed by atoms with Crippen LogP contribution >= 0.6 is 0 Å². The number of primary amides is 1. The number of aryl methyl sites for hydroxylation is 1. The molecule has 3 rings (SSSR count). The fraction of sp³-hybridized carbons (Fsp3) is 0.714. The second kappa shape index (κ2) is 8.45. The third-order valence-corrected chi connectivity index (χ3v) is 5.98. The summed E-state index contributed by atoms with van der Waals surface area (Å²) in [5.41, 5.74) is 7.29. The molecule has 1 aliphatic heterocycles. The number of piperidine rings is 1. The molecule has 3 heterocycles. The van der Waals surface area contributed by atoms with Crippen LogP contribution in [-0.4, -0.2) is 38.7 Å². The number of carbonyl (C=O) groups excluding carboxylic acids is 1. The molecule has 1 saturated heterocycles. The molecular weight excluding hydrogens is 352 g/mol. The van der Waals surface area contributed by atoms with Crippen molar-refractivity contribution in [1.82, 2.24) is 19.7 Å². The molecule has 154 valence electrons. The second-order valence-corrected chi connectivity index (χ2v) is 8.54. The first-order valence-electron chi connectivity index (χ1n) is 10.7. The van der Waals surface area contributed by atoms with Crippen LogP contribution in [0.1, 0.15) is 65.5 Å². The van der Waals surface area contributed by atoms with Gasteiger partial charge in [0.1, 0.15) is 12.1 Å². The maximum atomic E-state index is 12.2. The molecular formula is C21H34N6O. The van der Waals surface area contributed by atoms with Gasteiger partial charge < -0.3 is 10.6 Å². The van der Waals surface area contributed by atoms with Gasteiger partial charge in [0, 0.05) is 19.6 Å². The molecule has 0 aromatic carbocycles. The van der Waals surface area contributed by atoms with Crippen molar-refractivity contribution in [2.75, 3.05) is 18.0 Å². The summed E-state index contributed by atoms with van der Waals surface area (Å²) >= 11 is 0. The zero-order valence-corrected chi connectivity index (χ0v) is 17.7. The third kappa shape index (κ3) is 3.84. The Hall–Kier alpha value is -2.18. The van der Waals surface area contributed by atoms with Gasteiger partial charge in [-0.25, -0.2) is 14.6 Å². The second-order valence-electron chi connectivity index (χ2n) is 8.54. The van der Waals surface area contributed by atoms with Gasteiger partial charge in [-0.3, -0.25) is 4.79 Å². The summed E-state index contributed by atoms with van der Waals surface area (Å²) in [5, 5.41) is 5.96. The SMILES string of the molecule is CCCCn1nc(CC(C)C)c2c(N3CCCC(CC)(C(N)=O)C3)ncnc21. The lowest BCUT2D eigenvalue weighted by Gasteiger charge is -2.41. The lowest BCUT2D eigenvalue weighted by atomic mass is 9.77. The van der Waals surface area contributed by atoms with E-state index in [0.29, 0.717) is 12.5 Å². The van der Waals surface area contributed by atoms with Gasteiger partial charge in [-0.05, 0) is 38.0 Å². The largest absolute Gasteiger partial charge is 0.369 e. The molecule has 7 heteroatoms. The predicted molar refractivity (Wildman–Crippen MR) is 112 cm³/mol. The van der Waals surface area contributed by atoms with Crippen LogP contribution in [0.15, 0.2) is 6.33 Å². The number of nitrogens with zero attached hydrogens (tertiary/aromatic N) is 5. The van der Waals surface area contributed by atoms with Crippen LogP contribution in [0.25, 0.3) is 11.0 Å². The normalized spacial score (nSPS) is 20.2. The summed E-state index contributed by atoms with van der Waals surface area (Å²) in [4.78, 5) is 23.7. The molecule has 1 fully saturated rings. The van der Waals surface area contributed by atoms with E-state index in [1.807, 2.05) is 4.68 Å². The smallest absolute Gasteiger partial charge is 0.225 e. The first-order chi connectivity index (χ1) is 13.4. The van der Waals surface area contributed by atoms with Gasteiger partial charge in [-0.15, -0.1) is 0 Å². The van der Waals surface area contributed by atoms with Crippen LogP contribution in [0.5, 0.6) is 0 Å². The summed E-state index contributed by atoms with van der Waals surface area (Å²) in [6, 6.07) is 0. The molecule has 1 atom stereocenters. The molecule has 0 radical (unpaired) electrons. The highest BCUT2D eigenvalue weighted by molar-refractivity contribution is 5.90. The van der Waals surface area contributed by atoms with Crippen molar-refractivity contribution < 1.29 is 4.79 Å². The van der Waals surface area contributed by atoms with Crippen molar-refractivity contribution in [3.8, 4) is 0 Å². The molecule has 2 aromatic heterocycles. The van der Waals surface area contributed by atoms with Gasteiger partial charge >= 0.3 is 0 Å². The van der Waals surface area contributed by atoms with Gasteiger partial charge in [-0.2, -0.15) is 5.10 Å². The van der Waals surface area contributed by atoms with Crippen molar-refractivity contribution in [3.63, 3.8) is 0 Å². The Balaban J connectivity index is 2.07. The maximum Gasteiger partial charge on any atom is 0.225 e. The van der Waals surface area contributed by atoms with E-state index in [1.54, 1.807) is 6.33 Å². The Labute approximate surface area is 167 Å². The van der Waals surface area contributed by atoms with E-state index in [0.717, 1.165) is 74.2 Å². The lowest BCUT2D eigenvalue weighted by molar-refractivity contribution is -0.128. The first kappa shape index (κ1) is 20.6. The molecule has 1 aliphatic rings. The van der Waals surface area contributed by atoms with Gasteiger partial charge in [0.25, 0.3) is 0 Å². The summed E-state index contributed by atoms with van der Waals surface area (Å²) < 4.78 is 2.03. The number of rotatable bonds is 8. The van der Waals surface area contributed by atoms with E-state index in [4.69, 9.17) is 10.8 Å². The monoisotopic (exact) mass is 386 g/mol. The molecule has 7 nitrogen and oxygen atoms in total. The molecule has 2 N–H and O–H groups in total. The number of anilines is 1. The fourth-order valence-electron chi connectivity index (χ4n) is 4.27. The van der Waals surface area contributed by atoms with E-state index in [1.165, 1.54) is 0 Å². The average Bonchev–Trinajstić information content (AvgIpc) is 3.03. The zero-order chi connectivity index (χ0) is 20.3. The van der Waals surface area contributed by atoms with Gasteiger partial charge in [-0.1, -0.05) is 34.1 Å². The molecule has 0 spiro atoms. The highest BCUT2D eigenvalue weighted by atomic mass is 16.1. The summed E-state index contributed by atoms with van der Waals surface area (Å²) in [6.45, 7) is 11.0. The minimum Gasteiger partial charge on any atom is -0.369 e. The van der Waals surface area contributed by atoms with Crippen LogP contribution < -0.4 is 10.6 Å². The lowest BCUT2D eigenvalue weighted by Crippen LogP contribution is -2.50. The number of hydrogen-bond donors (Lipinski definition) is 1. The molecule has 2 aromatic rings. The number of amides is 1. The number of hydrogen-bond acceptors (Lipinski definition) is 5. The van der Waals surface area contributed by atoms with Crippen molar-refractivity contribution in [2.24, 2.45) is 17.1 Å². The number of nitrogens with two attached hydrogens (primary N) is 1. The van der Waals surface area contributed by atoms with Crippen molar-refractivity contribution in [3.05, 3.63) is 12.0 Å². The van der Waals surface area contributed by atoms with Crippen LogP contribution in [-0.2, 0) is 17.8 Å². The Morgan fingerprint density at radius 3 is 2.75 bits per heavy atom. The van der Waals surface area contributed by atoms with E-state index < -0.39 is 5.41 Å². The summed E-state index contributed by atoms with van der Waals surface area (Å²) in [7, 11) is 0. The number of aromatic nitrogens is 4. The Morgan fingerprint density at radius 2 is 2.11 bits per heavy atom. The quantitative estimate of drug-likeness (QED) is 0.752. The Morgan fingerprint density at radius 1 is 1.32 bits per heavy atom. The summed E-state index contributed by atoms with van der Waals surface area (Å²) in [5.74, 6) is 1.20. The molecule has 0 saturated carbocycles. The van der Waals surface area contributed by atoms with Crippen molar-refractivity contribution in [2.45, 2.75) is 72.8 Å². The highest BCUT2D eigenvalue weighted by Gasteiger charge is 2.40. The number of fused-ring (bicyclic) bond motifs is 1. The highest BCUT2D eigenvalue weighted by Crippen LogP contribution is 2.37. The molecule has 1 unspecified atom stereocenters. The Kier molecular flexibility index (Phi) is 6.20. The third-order valence-electron chi connectivity index (χ3n) is 5.98. The van der Waals surface area contributed by atoms with Crippen LogP contribution in [0, 0.1) is 11.3 Å². The minimum atomic E-state index is -0.480. The van der Waals surface area contributed by atoms with Gasteiger partial charge in [0.05, 0.1) is 16.5 Å². The summed E-state index contributed by atoms with van der Waals surface area (Å²) in [6.07, 6.45) is 7.24. The predicted octanol–water partition coefficient (Wildman–Crippen LogP) is 3.31. The van der Waals surface area contributed by atoms with Gasteiger partial charge in [0.15, 0.2) is 5.65 Å². The number of carbonyl (C=O) groups is 1. The number of unbranched alkanes of at least 4 members (excludes halogenated alkanes) is 1. The Bertz CT molecular complexity index is 830. The van der Waals surface area contributed by atoms with Crippen LogP contribution in [0.2, 0.25) is 0 Å². The van der Waals surface area contributed by atoms with Gasteiger partial charge in [0.2, 0.25) is 5.91 Å². The average molecular weight is 387 g/mol. The topological polar surface area (TPSA) is 89.9 Å². The maximum absolute atomic E-state index is 12.2. The van der Waals surface area contributed by atoms with E-state index in [9.17, 15) is 4.79 Å². The van der Waals surface area contributed by atoms with E-state index >= 15 is 0 Å². The molecule has 0 bridgehead atoms. The zero-order valence-electron chi connectivity index (χ0n) is 17.7. The fourth-order valence-corrected chi connectivity index (χ4v) is 4.27. The van der Waals surface area contributed by atoms with Crippen molar-refractivity contribution in [1.29, 1.82) is 0 Å². The molecule has 0 aliphatic carbocycles. The van der Waals surface area contributed by atoms with E-state index in [2.05, 4.69) is 42.6 Å². The van der Waals surface area contributed by atoms with Crippen LogP contribution in [0.3, 0.4) is 0 Å². The van der Waals surface area contributed by atoms with Crippen molar-refractivity contribution >= 4 is 22.8 Å². The minimum absolute atomic E-state index is 0.203. The first-order valence-corrected chi connectivity index (χ1v) is 10.7. The molecule has 28 heavy (non-hydrogen) atoms.